The van der Waals surface area contributed by atoms with Crippen LogP contribution in [0.5, 0.6) is 0 Å². The summed E-state index contributed by atoms with van der Waals surface area (Å²) in [6.45, 7) is 7.18. The van der Waals surface area contributed by atoms with Crippen molar-refractivity contribution >= 4 is 11.0 Å². The molecule has 4 aromatic rings. The van der Waals surface area contributed by atoms with Crippen molar-refractivity contribution in [2.75, 3.05) is 0 Å². The van der Waals surface area contributed by atoms with Gasteiger partial charge < -0.3 is 0 Å². The number of nitrogens with zero attached hydrogens (tertiary/aromatic N) is 6. The predicted molar refractivity (Wildman–Crippen MR) is 86.3 cm³/mol. The fourth-order valence-corrected chi connectivity index (χ4v) is 3.14. The first-order chi connectivity index (χ1) is 11.1. The molecule has 0 aliphatic carbocycles. The SMILES string of the molecule is Cc1nccn2nc(C[n+]3ccn4nccc4c3)c(C(C)C)c12. The predicted octanol–water partition coefficient (Wildman–Crippen LogP) is 2.14. The summed E-state index contributed by atoms with van der Waals surface area (Å²) < 4.78 is 5.95. The Morgan fingerprint density at radius 3 is 2.87 bits per heavy atom. The molecule has 0 spiro atoms. The number of fused-ring (bicyclic) bond motifs is 2. The van der Waals surface area contributed by atoms with E-state index in [9.17, 15) is 0 Å². The van der Waals surface area contributed by atoms with Crippen LogP contribution < -0.4 is 4.57 Å². The van der Waals surface area contributed by atoms with Crippen LogP contribution in [-0.4, -0.2) is 24.2 Å². The molecule has 0 atom stereocenters. The summed E-state index contributed by atoms with van der Waals surface area (Å²) in [6, 6.07) is 2.00. The van der Waals surface area contributed by atoms with Crippen LogP contribution in [0.2, 0.25) is 0 Å². The molecule has 6 heteroatoms. The molecule has 0 bridgehead atoms. The number of hydrogen-bond donors (Lipinski definition) is 0. The molecule has 0 radical (unpaired) electrons. The van der Waals surface area contributed by atoms with Crippen LogP contribution in [0, 0.1) is 6.92 Å². The van der Waals surface area contributed by atoms with E-state index in [4.69, 9.17) is 5.10 Å². The van der Waals surface area contributed by atoms with Crippen LogP contribution >= 0.6 is 0 Å². The zero-order valence-corrected chi connectivity index (χ0v) is 13.5. The van der Waals surface area contributed by atoms with Crippen molar-refractivity contribution in [2.24, 2.45) is 0 Å². The van der Waals surface area contributed by atoms with Crippen LogP contribution in [0.3, 0.4) is 0 Å². The zero-order valence-electron chi connectivity index (χ0n) is 13.5. The van der Waals surface area contributed by atoms with Gasteiger partial charge in [0.1, 0.15) is 11.2 Å². The molecule has 6 nitrogen and oxygen atoms in total. The number of hydrogen-bond acceptors (Lipinski definition) is 3. The van der Waals surface area contributed by atoms with E-state index in [2.05, 4.69) is 34.7 Å². The van der Waals surface area contributed by atoms with E-state index < -0.39 is 0 Å². The Labute approximate surface area is 134 Å². The molecular weight excluding hydrogens is 288 g/mol. The third-order valence-corrected chi connectivity index (χ3v) is 4.15. The van der Waals surface area contributed by atoms with E-state index in [-0.39, 0.29) is 0 Å². The van der Waals surface area contributed by atoms with Crippen molar-refractivity contribution in [1.29, 1.82) is 0 Å². The monoisotopic (exact) mass is 307 g/mol. The standard InChI is InChI=1S/C17H19N6/c1-12(2)16-15(20-23-7-6-18-13(3)17(16)23)11-21-8-9-22-14(10-21)4-5-19-22/h4-10,12H,11H2,1-3H3/q+1. The highest BCUT2D eigenvalue weighted by Gasteiger charge is 2.20. The lowest BCUT2D eigenvalue weighted by Crippen LogP contribution is -2.34. The molecule has 0 N–H and O–H groups in total. The molecule has 0 aliphatic heterocycles. The Morgan fingerprint density at radius 2 is 2.04 bits per heavy atom. The lowest BCUT2D eigenvalue weighted by Gasteiger charge is -2.06. The average molecular weight is 307 g/mol. The van der Waals surface area contributed by atoms with Gasteiger partial charge in [0.2, 0.25) is 0 Å². The molecule has 0 aliphatic rings. The summed E-state index contributed by atoms with van der Waals surface area (Å²) in [7, 11) is 0. The van der Waals surface area contributed by atoms with E-state index in [1.54, 1.807) is 12.4 Å². The first kappa shape index (κ1) is 13.9. The van der Waals surface area contributed by atoms with Gasteiger partial charge in [-0.25, -0.2) is 9.03 Å². The Hall–Kier alpha value is -2.76. The normalized spacial score (nSPS) is 11.8. The average Bonchev–Trinajstić information content (AvgIpc) is 3.11. The van der Waals surface area contributed by atoms with Crippen LogP contribution in [0.25, 0.3) is 11.0 Å². The fourth-order valence-electron chi connectivity index (χ4n) is 3.14. The first-order valence-electron chi connectivity index (χ1n) is 7.78. The van der Waals surface area contributed by atoms with Gasteiger partial charge in [-0.05, 0) is 18.9 Å². The quantitative estimate of drug-likeness (QED) is 0.545. The third-order valence-electron chi connectivity index (χ3n) is 4.15. The largest absolute Gasteiger partial charge is 0.258 e. The lowest BCUT2D eigenvalue weighted by atomic mass is 10.0. The molecule has 4 aromatic heterocycles. The molecular formula is C17H19N6+. The number of aromatic nitrogens is 6. The van der Waals surface area contributed by atoms with Gasteiger partial charge in [0.25, 0.3) is 0 Å². The molecule has 0 saturated heterocycles. The first-order valence-corrected chi connectivity index (χ1v) is 7.78. The lowest BCUT2D eigenvalue weighted by molar-refractivity contribution is -0.688. The summed E-state index contributed by atoms with van der Waals surface area (Å²) in [5, 5.41) is 9.03. The minimum atomic E-state index is 0.393. The van der Waals surface area contributed by atoms with Gasteiger partial charge in [-0.3, -0.25) is 4.98 Å². The van der Waals surface area contributed by atoms with E-state index >= 15 is 0 Å². The second-order valence-electron chi connectivity index (χ2n) is 6.12. The third kappa shape index (κ3) is 2.27. The van der Waals surface area contributed by atoms with Crippen molar-refractivity contribution in [3.8, 4) is 0 Å². The van der Waals surface area contributed by atoms with Gasteiger partial charge in [-0.1, -0.05) is 13.8 Å². The highest BCUT2D eigenvalue weighted by atomic mass is 15.2. The van der Waals surface area contributed by atoms with E-state index in [0.29, 0.717) is 5.92 Å². The molecule has 0 saturated carbocycles. The van der Waals surface area contributed by atoms with Crippen molar-refractivity contribution in [2.45, 2.75) is 33.2 Å². The maximum absolute atomic E-state index is 4.79. The fraction of sp³-hybridized carbons (Fsp3) is 0.294. The molecule has 0 aromatic carbocycles. The minimum Gasteiger partial charge on any atom is -0.258 e. The second-order valence-corrected chi connectivity index (χ2v) is 6.12. The molecule has 0 amide bonds. The Balaban J connectivity index is 1.84. The van der Waals surface area contributed by atoms with Crippen LogP contribution in [-0.2, 0) is 6.54 Å². The van der Waals surface area contributed by atoms with E-state index in [1.165, 1.54) is 5.56 Å². The Bertz CT molecular complexity index is 995. The summed E-state index contributed by atoms with van der Waals surface area (Å²) in [5.41, 5.74) is 5.58. The van der Waals surface area contributed by atoms with Crippen LogP contribution in [0.1, 0.15) is 36.7 Å². The maximum Gasteiger partial charge on any atom is 0.195 e. The Morgan fingerprint density at radius 1 is 1.17 bits per heavy atom. The smallest absolute Gasteiger partial charge is 0.195 e. The highest BCUT2D eigenvalue weighted by Crippen LogP contribution is 2.26. The van der Waals surface area contributed by atoms with Gasteiger partial charge in [0.15, 0.2) is 18.9 Å². The van der Waals surface area contributed by atoms with Crippen molar-refractivity contribution in [3.63, 3.8) is 0 Å². The topological polar surface area (TPSA) is 51.4 Å². The van der Waals surface area contributed by atoms with Gasteiger partial charge >= 0.3 is 0 Å². The molecule has 23 heavy (non-hydrogen) atoms. The van der Waals surface area contributed by atoms with Gasteiger partial charge in [0, 0.05) is 18.0 Å². The number of rotatable bonds is 3. The molecule has 4 heterocycles. The summed E-state index contributed by atoms with van der Waals surface area (Å²) in [6.07, 6.45) is 11.6. The highest BCUT2D eigenvalue weighted by molar-refractivity contribution is 5.61. The summed E-state index contributed by atoms with van der Waals surface area (Å²) in [5.74, 6) is 0.393. The maximum atomic E-state index is 4.79. The van der Waals surface area contributed by atoms with E-state index in [0.717, 1.165) is 29.0 Å². The van der Waals surface area contributed by atoms with Crippen molar-refractivity contribution in [3.05, 3.63) is 60.2 Å². The molecule has 0 unspecified atom stereocenters. The van der Waals surface area contributed by atoms with Gasteiger partial charge in [0.05, 0.1) is 23.6 Å². The van der Waals surface area contributed by atoms with Crippen LogP contribution in [0.4, 0.5) is 0 Å². The number of aryl methyl sites for hydroxylation is 1. The zero-order chi connectivity index (χ0) is 16.0. The van der Waals surface area contributed by atoms with Crippen molar-refractivity contribution in [1.82, 2.24) is 24.2 Å². The molecule has 4 rings (SSSR count). The van der Waals surface area contributed by atoms with E-state index in [1.807, 2.05) is 40.6 Å². The minimum absolute atomic E-state index is 0.393. The van der Waals surface area contributed by atoms with Gasteiger partial charge in [-0.2, -0.15) is 14.8 Å². The summed E-state index contributed by atoms with van der Waals surface area (Å²) >= 11 is 0. The second kappa shape index (κ2) is 5.15. The van der Waals surface area contributed by atoms with Crippen molar-refractivity contribution < 1.29 is 4.57 Å². The molecule has 116 valence electrons. The van der Waals surface area contributed by atoms with Crippen LogP contribution in [0.15, 0.2) is 43.2 Å². The Kier molecular flexibility index (Phi) is 3.11. The van der Waals surface area contributed by atoms with Gasteiger partial charge in [-0.15, -0.1) is 0 Å². The summed E-state index contributed by atoms with van der Waals surface area (Å²) in [4.78, 5) is 4.43. The molecule has 0 fully saturated rings.